The minimum absolute atomic E-state index is 0.138. The third-order valence-corrected chi connectivity index (χ3v) is 4.21. The third-order valence-electron chi connectivity index (χ3n) is 4.21. The number of hydrogen-bond acceptors (Lipinski definition) is 2. The lowest BCUT2D eigenvalue weighted by Gasteiger charge is -2.27. The highest BCUT2D eigenvalue weighted by Gasteiger charge is 2.22. The largest absolute Gasteiger partial charge is 0.271 e. The van der Waals surface area contributed by atoms with E-state index >= 15 is 0 Å². The Bertz CT molecular complexity index is 531. The van der Waals surface area contributed by atoms with Gasteiger partial charge in [0.1, 0.15) is 0 Å². The van der Waals surface area contributed by atoms with Gasteiger partial charge in [-0.3, -0.25) is 11.3 Å². The first-order chi connectivity index (χ1) is 10.2. The summed E-state index contributed by atoms with van der Waals surface area (Å²) in [6, 6.07) is 19.6. The van der Waals surface area contributed by atoms with Crippen molar-refractivity contribution in [3.8, 4) is 0 Å². The van der Waals surface area contributed by atoms with Crippen LogP contribution in [-0.2, 0) is 0 Å². The summed E-state index contributed by atoms with van der Waals surface area (Å²) in [4.78, 5) is 0. The normalized spacial score (nSPS) is 14.1. The van der Waals surface area contributed by atoms with Gasteiger partial charge in [0, 0.05) is 5.92 Å². The monoisotopic (exact) mass is 282 g/mol. The van der Waals surface area contributed by atoms with Crippen LogP contribution in [0.3, 0.4) is 0 Å². The van der Waals surface area contributed by atoms with Gasteiger partial charge >= 0.3 is 0 Å². The lowest BCUT2D eigenvalue weighted by atomic mass is 9.85. The van der Waals surface area contributed by atoms with Crippen molar-refractivity contribution in [2.24, 2.45) is 5.84 Å². The van der Waals surface area contributed by atoms with E-state index in [1.807, 2.05) is 0 Å². The van der Waals surface area contributed by atoms with E-state index in [0.717, 1.165) is 6.42 Å². The molecule has 0 bridgehead atoms. The summed E-state index contributed by atoms with van der Waals surface area (Å²) in [5.41, 5.74) is 6.96. The summed E-state index contributed by atoms with van der Waals surface area (Å²) < 4.78 is 0. The molecule has 0 heterocycles. The Balaban J connectivity index is 2.29. The van der Waals surface area contributed by atoms with Gasteiger partial charge in [0.2, 0.25) is 0 Å². The summed E-state index contributed by atoms with van der Waals surface area (Å²) in [6.45, 7) is 6.64. The van der Waals surface area contributed by atoms with E-state index in [4.69, 9.17) is 5.84 Å². The maximum atomic E-state index is 5.87. The Morgan fingerprint density at radius 1 is 0.857 bits per heavy atom. The van der Waals surface area contributed by atoms with Crippen molar-refractivity contribution >= 4 is 0 Å². The first-order valence-electron chi connectivity index (χ1n) is 7.78. The van der Waals surface area contributed by atoms with Crippen LogP contribution in [0.15, 0.2) is 54.6 Å². The molecule has 0 aliphatic carbocycles. The molecule has 2 rings (SSSR count). The first-order valence-corrected chi connectivity index (χ1v) is 7.78. The summed E-state index contributed by atoms with van der Waals surface area (Å²) in [7, 11) is 0. The molecular formula is C19H26N2. The topological polar surface area (TPSA) is 38.0 Å². The van der Waals surface area contributed by atoms with Crippen LogP contribution in [0.2, 0.25) is 0 Å². The van der Waals surface area contributed by atoms with Crippen molar-refractivity contribution in [1.29, 1.82) is 0 Å². The highest BCUT2D eigenvalue weighted by Crippen LogP contribution is 2.33. The fourth-order valence-corrected chi connectivity index (χ4v) is 2.90. The number of rotatable bonds is 6. The SMILES string of the molecule is CCC(c1ccccc1)C(NN)c1ccc(C(C)C)cc1. The zero-order valence-electron chi connectivity index (χ0n) is 13.2. The van der Waals surface area contributed by atoms with E-state index in [9.17, 15) is 0 Å². The highest BCUT2D eigenvalue weighted by atomic mass is 15.2. The standard InChI is InChI=1S/C19H26N2/c1-4-18(16-8-6-5-7-9-16)19(21-20)17-12-10-15(11-13-17)14(2)3/h5-14,18-19,21H,4,20H2,1-3H3. The number of nitrogens with two attached hydrogens (primary N) is 1. The van der Waals surface area contributed by atoms with Crippen LogP contribution in [0.1, 0.15) is 61.8 Å². The number of benzene rings is 2. The molecular weight excluding hydrogens is 256 g/mol. The second-order valence-corrected chi connectivity index (χ2v) is 5.89. The summed E-state index contributed by atoms with van der Waals surface area (Å²) in [5, 5.41) is 0. The molecule has 0 aliphatic rings. The maximum absolute atomic E-state index is 5.87. The van der Waals surface area contributed by atoms with Crippen molar-refractivity contribution in [2.75, 3.05) is 0 Å². The van der Waals surface area contributed by atoms with E-state index in [0.29, 0.717) is 11.8 Å². The average Bonchev–Trinajstić information content (AvgIpc) is 2.53. The summed E-state index contributed by atoms with van der Waals surface area (Å²) in [6.07, 6.45) is 1.05. The molecule has 0 saturated carbocycles. The quantitative estimate of drug-likeness (QED) is 0.604. The van der Waals surface area contributed by atoms with Crippen molar-refractivity contribution in [3.63, 3.8) is 0 Å². The van der Waals surface area contributed by atoms with Crippen LogP contribution in [0, 0.1) is 0 Å². The van der Waals surface area contributed by atoms with Gasteiger partial charge in [-0.05, 0) is 29.0 Å². The Morgan fingerprint density at radius 2 is 1.43 bits per heavy atom. The van der Waals surface area contributed by atoms with E-state index in [1.165, 1.54) is 16.7 Å². The second-order valence-electron chi connectivity index (χ2n) is 5.89. The Labute approximate surface area is 128 Å². The van der Waals surface area contributed by atoms with E-state index in [-0.39, 0.29) is 6.04 Å². The van der Waals surface area contributed by atoms with Crippen molar-refractivity contribution in [3.05, 3.63) is 71.3 Å². The number of hydrazine groups is 1. The molecule has 2 nitrogen and oxygen atoms in total. The molecule has 3 N–H and O–H groups in total. The van der Waals surface area contributed by atoms with Crippen molar-refractivity contribution in [1.82, 2.24) is 5.43 Å². The van der Waals surface area contributed by atoms with Gasteiger partial charge in [-0.1, -0.05) is 75.4 Å². The minimum atomic E-state index is 0.138. The van der Waals surface area contributed by atoms with Gasteiger partial charge in [0.25, 0.3) is 0 Å². The molecule has 0 spiro atoms. The molecule has 2 atom stereocenters. The molecule has 2 aromatic rings. The molecule has 2 aromatic carbocycles. The molecule has 112 valence electrons. The molecule has 0 amide bonds. The van der Waals surface area contributed by atoms with Gasteiger partial charge < -0.3 is 0 Å². The predicted octanol–water partition coefficient (Wildman–Crippen LogP) is 4.51. The molecule has 0 aromatic heterocycles. The lowest BCUT2D eigenvalue weighted by Crippen LogP contribution is -2.32. The third kappa shape index (κ3) is 3.72. The van der Waals surface area contributed by atoms with Crippen LogP contribution in [-0.4, -0.2) is 0 Å². The zero-order chi connectivity index (χ0) is 15.2. The fraction of sp³-hybridized carbons (Fsp3) is 0.368. The number of nitrogens with one attached hydrogen (secondary N) is 1. The van der Waals surface area contributed by atoms with Gasteiger partial charge in [0.05, 0.1) is 6.04 Å². The average molecular weight is 282 g/mol. The zero-order valence-corrected chi connectivity index (χ0v) is 13.2. The first kappa shape index (κ1) is 15.7. The lowest BCUT2D eigenvalue weighted by molar-refractivity contribution is 0.445. The fourth-order valence-electron chi connectivity index (χ4n) is 2.90. The molecule has 0 saturated heterocycles. The van der Waals surface area contributed by atoms with Crippen LogP contribution >= 0.6 is 0 Å². The molecule has 0 aliphatic heterocycles. The van der Waals surface area contributed by atoms with Crippen LogP contribution < -0.4 is 11.3 Å². The summed E-state index contributed by atoms with van der Waals surface area (Å²) in [5.74, 6) is 6.80. The van der Waals surface area contributed by atoms with Crippen molar-refractivity contribution in [2.45, 2.75) is 45.1 Å². The minimum Gasteiger partial charge on any atom is -0.271 e. The van der Waals surface area contributed by atoms with Crippen LogP contribution in [0.4, 0.5) is 0 Å². The predicted molar refractivity (Wildman–Crippen MR) is 90.1 cm³/mol. The van der Waals surface area contributed by atoms with Crippen molar-refractivity contribution < 1.29 is 0 Å². The maximum Gasteiger partial charge on any atom is 0.0528 e. The van der Waals surface area contributed by atoms with Gasteiger partial charge in [-0.25, -0.2) is 0 Å². The van der Waals surface area contributed by atoms with Gasteiger partial charge in [-0.2, -0.15) is 0 Å². The molecule has 0 fully saturated rings. The highest BCUT2D eigenvalue weighted by molar-refractivity contribution is 5.31. The Hall–Kier alpha value is -1.64. The Kier molecular flexibility index (Phi) is 5.54. The molecule has 2 heteroatoms. The molecule has 0 radical (unpaired) electrons. The number of hydrogen-bond donors (Lipinski definition) is 2. The van der Waals surface area contributed by atoms with Gasteiger partial charge in [0.15, 0.2) is 0 Å². The smallest absolute Gasteiger partial charge is 0.0528 e. The van der Waals surface area contributed by atoms with E-state index in [1.54, 1.807) is 0 Å². The van der Waals surface area contributed by atoms with Crippen LogP contribution in [0.25, 0.3) is 0 Å². The van der Waals surface area contributed by atoms with E-state index < -0.39 is 0 Å². The summed E-state index contributed by atoms with van der Waals surface area (Å²) >= 11 is 0. The molecule has 2 unspecified atom stereocenters. The van der Waals surface area contributed by atoms with Crippen LogP contribution in [0.5, 0.6) is 0 Å². The van der Waals surface area contributed by atoms with E-state index in [2.05, 4.69) is 80.8 Å². The van der Waals surface area contributed by atoms with Gasteiger partial charge in [-0.15, -0.1) is 0 Å². The second kappa shape index (κ2) is 7.39. The molecule has 21 heavy (non-hydrogen) atoms. The Morgan fingerprint density at radius 3 is 1.90 bits per heavy atom.